The highest BCUT2D eigenvalue weighted by Crippen LogP contribution is 2.05. The van der Waals surface area contributed by atoms with Crippen molar-refractivity contribution in [3.05, 3.63) is 0 Å². The highest BCUT2D eigenvalue weighted by atomic mass is 32.1. The van der Waals surface area contributed by atoms with Gasteiger partial charge in [0, 0.05) is 18.8 Å². The third-order valence-electron chi connectivity index (χ3n) is 6.37. The topological polar surface area (TPSA) is 387 Å². The van der Waals surface area contributed by atoms with Crippen molar-refractivity contribution >= 4 is 66.0 Å². The van der Waals surface area contributed by atoms with Gasteiger partial charge in [0.05, 0.1) is 25.2 Å². The Labute approximate surface area is 288 Å². The first kappa shape index (κ1) is 44.1. The van der Waals surface area contributed by atoms with E-state index in [9.17, 15) is 38.7 Å². The Bertz CT molecular complexity index is 1210. The summed E-state index contributed by atoms with van der Waals surface area (Å²) >= 11 is 3.91. The Morgan fingerprint density at radius 1 is 0.694 bits per heavy atom. The first-order valence-corrected chi connectivity index (χ1v) is 15.7. The van der Waals surface area contributed by atoms with Gasteiger partial charge in [-0.15, -0.1) is 0 Å². The molecule has 0 rings (SSSR count). The number of carbonyl (C=O) groups is 7. The molecule has 0 aromatic rings. The quantitative estimate of drug-likeness (QED) is 0.0202. The summed E-state index contributed by atoms with van der Waals surface area (Å²) in [6.45, 7) is 1.39. The van der Waals surface area contributed by atoms with Crippen LogP contribution in [0.3, 0.4) is 0 Å². The number of nitrogens with one attached hydrogen (secondary N) is 6. The number of aliphatic hydroxyl groups excluding tert-OH is 1. The number of hydrogen-bond acceptors (Lipinski definition) is 12. The predicted molar refractivity (Wildman–Crippen MR) is 180 cm³/mol. The van der Waals surface area contributed by atoms with E-state index < -0.39 is 90.8 Å². The second-order valence-electron chi connectivity index (χ2n) is 10.7. The maximum Gasteiger partial charge on any atom is 0.325 e. The van der Waals surface area contributed by atoms with Crippen molar-refractivity contribution in [2.24, 2.45) is 38.7 Å². The average Bonchev–Trinajstić information content (AvgIpc) is 3.02. The van der Waals surface area contributed by atoms with Crippen LogP contribution in [0.1, 0.15) is 39.5 Å². The first-order valence-electron chi connectivity index (χ1n) is 15.0. The molecule has 0 fully saturated rings. The number of hydrogen-bond donors (Lipinski definition) is 14. The van der Waals surface area contributed by atoms with Crippen LogP contribution in [-0.4, -0.2) is 132 Å². The number of guanidine groups is 2. The SMILES string of the molecule is C[C@H](NC(=O)CNC(=O)[C@H](CCCN=C(N)N)NC(=O)[C@@H](NC(=O)[C@H](CCCN=C(N)N)NC(=O)CNC(=O)[C@@H](N)CS)[C@@H](C)O)C(=O)O. The van der Waals surface area contributed by atoms with Crippen molar-refractivity contribution in [2.45, 2.75) is 75.8 Å². The number of carbonyl (C=O) groups excluding carboxylic acids is 6. The molecule has 6 atom stereocenters. The van der Waals surface area contributed by atoms with Crippen LogP contribution in [0.4, 0.5) is 0 Å². The monoisotopic (exact) mass is 719 g/mol. The lowest BCUT2D eigenvalue weighted by molar-refractivity contribution is -0.141. The molecule has 18 N–H and O–H groups in total. The molecule has 22 nitrogen and oxygen atoms in total. The molecule has 0 aliphatic heterocycles. The van der Waals surface area contributed by atoms with Gasteiger partial charge in [-0.2, -0.15) is 12.6 Å². The fourth-order valence-electron chi connectivity index (χ4n) is 3.74. The van der Waals surface area contributed by atoms with E-state index >= 15 is 0 Å². The van der Waals surface area contributed by atoms with Crippen LogP contribution >= 0.6 is 12.6 Å². The van der Waals surface area contributed by atoms with E-state index in [4.69, 9.17) is 33.8 Å². The smallest absolute Gasteiger partial charge is 0.325 e. The number of carboxylic acid groups (broad SMARTS) is 1. The molecule has 0 saturated carbocycles. The van der Waals surface area contributed by atoms with E-state index in [1.807, 2.05) is 0 Å². The summed E-state index contributed by atoms with van der Waals surface area (Å²) in [4.78, 5) is 94.7. The van der Waals surface area contributed by atoms with E-state index in [-0.39, 0.29) is 56.4 Å². The largest absolute Gasteiger partial charge is 0.480 e. The maximum atomic E-state index is 13.3. The second-order valence-corrected chi connectivity index (χ2v) is 11.0. The standard InChI is InChI=1S/C26H49N13O9S/c1-12(24(47)48)36-17(41)9-35-21(44)15(5-3-7-32-25(28)29)38-23(46)19(13(2)40)39-22(45)16(6-4-8-33-26(30)31)37-18(42)10-34-20(43)14(27)11-49/h12-16,19,40,49H,3-11,27H2,1-2H3,(H,34,43)(H,35,44)(H,36,41)(H,37,42)(H,38,46)(H,39,45)(H,47,48)(H4,28,29,32)(H4,30,31,33)/t12-,13+,14-,15-,16-,19-/m0/s1. The number of nitrogens with zero attached hydrogens (tertiary/aromatic N) is 2. The Balaban J connectivity index is 5.84. The van der Waals surface area contributed by atoms with E-state index in [2.05, 4.69) is 54.5 Å². The zero-order valence-electron chi connectivity index (χ0n) is 27.3. The van der Waals surface area contributed by atoms with Gasteiger partial charge in [0.2, 0.25) is 35.4 Å². The van der Waals surface area contributed by atoms with Gasteiger partial charge < -0.3 is 70.8 Å². The summed E-state index contributed by atoms with van der Waals surface area (Å²) in [5.41, 5.74) is 26.9. The Kier molecular flexibility index (Phi) is 21.1. The highest BCUT2D eigenvalue weighted by Gasteiger charge is 2.32. The average molecular weight is 720 g/mol. The molecule has 0 radical (unpaired) electrons. The number of aliphatic carboxylic acids is 1. The fraction of sp³-hybridized carbons (Fsp3) is 0.654. The molecule has 278 valence electrons. The van der Waals surface area contributed by atoms with E-state index in [0.717, 1.165) is 0 Å². The number of rotatable bonds is 23. The Morgan fingerprint density at radius 2 is 1.16 bits per heavy atom. The van der Waals surface area contributed by atoms with Crippen LogP contribution < -0.4 is 60.6 Å². The minimum absolute atomic E-state index is 0.0201. The third kappa shape index (κ3) is 19.5. The predicted octanol–water partition coefficient (Wildman–Crippen LogP) is -6.99. The van der Waals surface area contributed by atoms with Crippen molar-refractivity contribution in [3.8, 4) is 0 Å². The van der Waals surface area contributed by atoms with Gasteiger partial charge in [-0.05, 0) is 39.5 Å². The third-order valence-corrected chi connectivity index (χ3v) is 6.76. The minimum atomic E-state index is -1.65. The molecule has 0 heterocycles. The highest BCUT2D eigenvalue weighted by molar-refractivity contribution is 7.80. The molecule has 0 unspecified atom stereocenters. The maximum absolute atomic E-state index is 13.3. The van der Waals surface area contributed by atoms with Crippen LogP contribution in [0, 0.1) is 0 Å². The molecule has 0 spiro atoms. The zero-order chi connectivity index (χ0) is 37.7. The van der Waals surface area contributed by atoms with Crippen molar-refractivity contribution in [1.29, 1.82) is 0 Å². The molecule has 23 heteroatoms. The van der Waals surface area contributed by atoms with E-state index in [0.29, 0.717) is 0 Å². The van der Waals surface area contributed by atoms with Crippen molar-refractivity contribution in [3.63, 3.8) is 0 Å². The van der Waals surface area contributed by atoms with Gasteiger partial charge in [-0.3, -0.25) is 43.5 Å². The summed E-state index contributed by atoms with van der Waals surface area (Å²) < 4.78 is 0. The lowest BCUT2D eigenvalue weighted by Gasteiger charge is -2.27. The van der Waals surface area contributed by atoms with Gasteiger partial charge in [-0.25, -0.2) is 0 Å². The molecular formula is C26H49N13O9S. The molecule has 49 heavy (non-hydrogen) atoms. The summed E-state index contributed by atoms with van der Waals surface area (Å²) in [5, 5.41) is 33.3. The number of aliphatic hydroxyl groups is 1. The zero-order valence-corrected chi connectivity index (χ0v) is 28.2. The van der Waals surface area contributed by atoms with Crippen LogP contribution in [0.25, 0.3) is 0 Å². The molecule has 0 bridgehead atoms. The lowest BCUT2D eigenvalue weighted by Crippen LogP contribution is -2.60. The summed E-state index contributed by atoms with van der Waals surface area (Å²) in [6.07, 6.45) is -1.25. The second kappa shape index (κ2) is 23.4. The number of nitrogens with two attached hydrogens (primary N) is 5. The lowest BCUT2D eigenvalue weighted by atomic mass is 10.1. The van der Waals surface area contributed by atoms with Gasteiger partial charge in [0.25, 0.3) is 0 Å². The molecule has 0 aromatic carbocycles. The molecule has 0 aliphatic rings. The summed E-state index contributed by atoms with van der Waals surface area (Å²) in [5.74, 6) is -6.71. The van der Waals surface area contributed by atoms with E-state index in [1.54, 1.807) is 0 Å². The van der Waals surface area contributed by atoms with Gasteiger partial charge >= 0.3 is 5.97 Å². The van der Waals surface area contributed by atoms with Crippen molar-refractivity contribution in [1.82, 2.24) is 31.9 Å². The summed E-state index contributed by atoms with van der Waals surface area (Å²) in [6, 6.07) is -6.48. The van der Waals surface area contributed by atoms with E-state index in [1.165, 1.54) is 13.8 Å². The van der Waals surface area contributed by atoms with Crippen LogP contribution in [0.2, 0.25) is 0 Å². The Hall–Kier alpha value is -4.90. The fourth-order valence-corrected chi connectivity index (χ4v) is 3.90. The van der Waals surface area contributed by atoms with Gasteiger partial charge in [-0.1, -0.05) is 0 Å². The number of carboxylic acids is 1. The minimum Gasteiger partial charge on any atom is -0.480 e. The Morgan fingerprint density at radius 3 is 1.61 bits per heavy atom. The van der Waals surface area contributed by atoms with Crippen LogP contribution in [0.15, 0.2) is 9.98 Å². The molecule has 0 aromatic heterocycles. The number of aliphatic imine (C=N–C) groups is 2. The number of amides is 6. The van der Waals surface area contributed by atoms with Gasteiger partial charge in [0.1, 0.15) is 24.2 Å². The van der Waals surface area contributed by atoms with Crippen LogP contribution in [-0.2, 0) is 33.6 Å². The molecular weight excluding hydrogens is 670 g/mol. The number of thiol groups is 1. The normalized spacial score (nSPS) is 14.2. The molecule has 0 aliphatic carbocycles. The van der Waals surface area contributed by atoms with Gasteiger partial charge in [0.15, 0.2) is 11.9 Å². The van der Waals surface area contributed by atoms with Crippen LogP contribution in [0.5, 0.6) is 0 Å². The molecule has 0 saturated heterocycles. The summed E-state index contributed by atoms with van der Waals surface area (Å²) in [7, 11) is 0. The molecule has 6 amide bonds. The van der Waals surface area contributed by atoms with Crippen molar-refractivity contribution in [2.75, 3.05) is 31.9 Å². The van der Waals surface area contributed by atoms with Crippen molar-refractivity contribution < 1.29 is 43.8 Å². The first-order chi connectivity index (χ1) is 22.9.